The van der Waals surface area contributed by atoms with Gasteiger partial charge >= 0.3 is 5.97 Å². The van der Waals surface area contributed by atoms with Gasteiger partial charge < -0.3 is 28.4 Å². The topological polar surface area (TPSA) is 107 Å². The summed E-state index contributed by atoms with van der Waals surface area (Å²) in [7, 11) is 4.87. The van der Waals surface area contributed by atoms with E-state index in [0.29, 0.717) is 29.6 Å². The molecule has 1 saturated heterocycles. The molecule has 14 atom stereocenters. The first-order valence-corrected chi connectivity index (χ1v) is 19.8. The largest absolute Gasteiger partial charge is 0.462 e. The summed E-state index contributed by atoms with van der Waals surface area (Å²) in [5, 5.41) is 0. The molecule has 0 bridgehead atoms. The van der Waals surface area contributed by atoms with Crippen LogP contribution in [0.4, 0.5) is 4.39 Å². The van der Waals surface area contributed by atoms with Crippen molar-refractivity contribution in [2.75, 3.05) is 27.9 Å². The molecule has 10 heteroatoms. The third-order valence-corrected chi connectivity index (χ3v) is 13.1. The lowest BCUT2D eigenvalue weighted by Crippen LogP contribution is -2.45. The standard InChI is InChI=1S/C43H59FO9/c1-8-28-12-10-9-11-23(2)41(46)36-20-33-31-17-29(53-43(37(50-7)22-48-5)51-25(4)24(3)49-6)18-32(31)34-19-30(26-13-15-27(44)16-14-26)42(47)40(34)39(33)35(36)21-38(45)52-28/h13-16,19-20,23-25,28-29,31-35,37,39-40,43H,8-12,17-18,21-22H2,1-7H3/t23-,24-,25?,28+,29+,31-,32?,33+,34?,35-,37+,39-,40?,43?/m1/s1. The summed E-state index contributed by atoms with van der Waals surface area (Å²) in [6, 6.07) is 6.10. The Morgan fingerprint density at radius 3 is 2.25 bits per heavy atom. The van der Waals surface area contributed by atoms with E-state index in [1.165, 1.54) is 12.1 Å². The van der Waals surface area contributed by atoms with Crippen molar-refractivity contribution >= 4 is 23.1 Å². The molecule has 4 aliphatic carbocycles. The molecule has 292 valence electrons. The van der Waals surface area contributed by atoms with E-state index in [1.54, 1.807) is 33.5 Å². The van der Waals surface area contributed by atoms with Crippen molar-refractivity contribution in [2.24, 2.45) is 47.3 Å². The van der Waals surface area contributed by atoms with Crippen LogP contribution in [0.3, 0.4) is 0 Å². The van der Waals surface area contributed by atoms with Crippen molar-refractivity contribution in [1.82, 2.24) is 0 Å². The smallest absolute Gasteiger partial charge is 0.306 e. The maximum atomic E-state index is 14.7. The van der Waals surface area contributed by atoms with Crippen molar-refractivity contribution in [3.63, 3.8) is 0 Å². The lowest BCUT2D eigenvalue weighted by molar-refractivity contribution is -0.255. The van der Waals surface area contributed by atoms with Crippen LogP contribution in [-0.2, 0) is 42.8 Å². The van der Waals surface area contributed by atoms with Gasteiger partial charge in [0.1, 0.15) is 18.0 Å². The first-order chi connectivity index (χ1) is 25.5. The van der Waals surface area contributed by atoms with Gasteiger partial charge in [-0.15, -0.1) is 0 Å². The zero-order valence-electron chi connectivity index (χ0n) is 32.5. The van der Waals surface area contributed by atoms with Crippen LogP contribution >= 0.6 is 0 Å². The number of rotatable bonds is 12. The number of halogens is 1. The number of esters is 1. The second-order valence-corrected chi connectivity index (χ2v) is 16.1. The first-order valence-electron chi connectivity index (χ1n) is 19.8. The number of hydrogen-bond donors (Lipinski definition) is 0. The highest BCUT2D eigenvalue weighted by Gasteiger charge is 2.62. The van der Waals surface area contributed by atoms with E-state index in [0.717, 1.165) is 32.1 Å². The highest BCUT2D eigenvalue weighted by molar-refractivity contribution is 6.24. The number of allylic oxidation sites excluding steroid dienone is 4. The SMILES string of the molecule is CC[C@H]1CCCC[C@@H](C)C(=O)C2=C[C@@H]3[C@@H](C4C(=O)C(c5ccc(F)cc5)=CC4C4C[C@@H](OC(OC(C)[C@@H](C)OC)[C@H](COC)OC)C[C@H]43)[C@@H]2CC(=O)O1. The molecule has 0 radical (unpaired) electrons. The molecule has 2 saturated carbocycles. The van der Waals surface area contributed by atoms with Crippen LogP contribution in [-0.4, -0.2) is 82.3 Å². The molecular weight excluding hydrogens is 679 g/mol. The lowest BCUT2D eigenvalue weighted by atomic mass is 9.57. The second kappa shape index (κ2) is 17.4. The number of methoxy groups -OCH3 is 3. The number of benzene rings is 1. The van der Waals surface area contributed by atoms with Crippen molar-refractivity contribution in [3.8, 4) is 0 Å². The maximum absolute atomic E-state index is 14.7. The first kappa shape index (κ1) is 39.9. The van der Waals surface area contributed by atoms with Gasteiger partial charge in [0.25, 0.3) is 0 Å². The Bertz CT molecular complexity index is 1520. The fraction of sp³-hybridized carbons (Fsp3) is 0.698. The summed E-state index contributed by atoms with van der Waals surface area (Å²) in [6.45, 7) is 8.19. The predicted octanol–water partition coefficient (Wildman–Crippen LogP) is 7.16. The Morgan fingerprint density at radius 2 is 1.58 bits per heavy atom. The molecule has 1 aromatic rings. The van der Waals surface area contributed by atoms with Crippen LogP contribution < -0.4 is 0 Å². The fourth-order valence-corrected chi connectivity index (χ4v) is 10.1. The summed E-state index contributed by atoms with van der Waals surface area (Å²) in [5.74, 6) is -1.93. The van der Waals surface area contributed by atoms with Gasteiger partial charge in [-0.05, 0) is 105 Å². The zero-order valence-corrected chi connectivity index (χ0v) is 32.5. The molecule has 0 aromatic heterocycles. The Kier molecular flexibility index (Phi) is 13.1. The molecule has 0 spiro atoms. The van der Waals surface area contributed by atoms with Crippen LogP contribution in [0.15, 0.2) is 42.0 Å². The summed E-state index contributed by atoms with van der Waals surface area (Å²) in [6.07, 6.45) is 7.70. The lowest BCUT2D eigenvalue weighted by Gasteiger charge is -2.45. The Balaban J connectivity index is 1.38. The molecule has 0 amide bonds. The second-order valence-electron chi connectivity index (χ2n) is 16.1. The average molecular weight is 739 g/mol. The molecule has 9 nitrogen and oxygen atoms in total. The molecule has 0 N–H and O–H groups in total. The summed E-state index contributed by atoms with van der Waals surface area (Å²) in [5.41, 5.74) is 1.96. The third kappa shape index (κ3) is 8.27. The fourth-order valence-electron chi connectivity index (χ4n) is 10.1. The summed E-state index contributed by atoms with van der Waals surface area (Å²) >= 11 is 0. The number of ketones is 2. The van der Waals surface area contributed by atoms with Gasteiger partial charge in [0.2, 0.25) is 0 Å². The van der Waals surface area contributed by atoms with Crippen molar-refractivity contribution in [3.05, 3.63) is 53.4 Å². The van der Waals surface area contributed by atoms with Gasteiger partial charge in [0, 0.05) is 44.7 Å². The minimum atomic E-state index is -0.736. The van der Waals surface area contributed by atoms with Crippen molar-refractivity contribution < 1.29 is 47.2 Å². The van der Waals surface area contributed by atoms with Gasteiger partial charge in [0.05, 0.1) is 31.3 Å². The molecule has 53 heavy (non-hydrogen) atoms. The molecule has 5 aliphatic rings. The van der Waals surface area contributed by atoms with E-state index < -0.39 is 24.2 Å². The number of cyclic esters (lactones) is 1. The van der Waals surface area contributed by atoms with Crippen LogP contribution in [0.1, 0.15) is 84.6 Å². The van der Waals surface area contributed by atoms with Gasteiger partial charge in [-0.2, -0.15) is 0 Å². The molecular formula is C43H59FO9. The highest BCUT2D eigenvalue weighted by Crippen LogP contribution is 2.63. The van der Waals surface area contributed by atoms with E-state index in [9.17, 15) is 18.8 Å². The summed E-state index contributed by atoms with van der Waals surface area (Å²) < 4.78 is 50.2. The number of carbonyl (C=O) groups excluding carboxylic acids is 3. The minimum absolute atomic E-state index is 0.00335. The van der Waals surface area contributed by atoms with Gasteiger partial charge in [-0.25, -0.2) is 4.39 Å². The Morgan fingerprint density at radius 1 is 0.887 bits per heavy atom. The maximum Gasteiger partial charge on any atom is 0.306 e. The molecule has 3 fully saturated rings. The number of carbonyl (C=O) groups is 3. The average Bonchev–Trinajstić information content (AvgIpc) is 3.84. The van der Waals surface area contributed by atoms with Crippen LogP contribution in [0.2, 0.25) is 0 Å². The molecule has 1 aliphatic heterocycles. The van der Waals surface area contributed by atoms with E-state index in [-0.39, 0.29) is 96.3 Å². The van der Waals surface area contributed by atoms with E-state index in [4.69, 9.17) is 28.4 Å². The number of Topliss-reactive ketones (excluding diaryl/α,β-unsaturated/α-hetero) is 2. The normalized spacial score (nSPS) is 35.4. The highest BCUT2D eigenvalue weighted by atomic mass is 19.1. The van der Waals surface area contributed by atoms with Crippen LogP contribution in [0.25, 0.3) is 5.57 Å². The van der Waals surface area contributed by atoms with E-state index in [1.807, 2.05) is 27.7 Å². The summed E-state index contributed by atoms with van der Waals surface area (Å²) in [4.78, 5) is 42.8. The monoisotopic (exact) mass is 738 g/mol. The van der Waals surface area contributed by atoms with Crippen molar-refractivity contribution in [2.45, 2.75) is 116 Å². The molecule has 6 rings (SSSR count). The van der Waals surface area contributed by atoms with Crippen LogP contribution in [0.5, 0.6) is 0 Å². The van der Waals surface area contributed by atoms with Crippen LogP contribution in [0, 0.1) is 53.2 Å². The Labute approximate surface area is 314 Å². The molecule has 5 unspecified atom stereocenters. The number of hydrogen-bond acceptors (Lipinski definition) is 9. The predicted molar refractivity (Wildman–Crippen MR) is 197 cm³/mol. The van der Waals surface area contributed by atoms with Crippen molar-refractivity contribution in [1.29, 1.82) is 0 Å². The molecule has 1 aromatic carbocycles. The quantitative estimate of drug-likeness (QED) is 0.163. The van der Waals surface area contributed by atoms with E-state index >= 15 is 0 Å². The van der Waals surface area contributed by atoms with Gasteiger partial charge in [-0.3, -0.25) is 14.4 Å². The van der Waals surface area contributed by atoms with Gasteiger partial charge in [0.15, 0.2) is 17.9 Å². The van der Waals surface area contributed by atoms with E-state index in [2.05, 4.69) is 12.2 Å². The number of ether oxygens (including phenoxy) is 6. The molecule has 1 heterocycles. The van der Waals surface area contributed by atoms with Gasteiger partial charge in [-0.1, -0.05) is 44.6 Å². The zero-order chi connectivity index (χ0) is 38.0. The Hall–Kier alpha value is -2.76. The minimum Gasteiger partial charge on any atom is -0.462 e. The third-order valence-electron chi connectivity index (χ3n) is 13.1. The number of fused-ring (bicyclic) bond motifs is 8.